The van der Waals surface area contributed by atoms with Crippen molar-refractivity contribution in [2.75, 3.05) is 0 Å². The van der Waals surface area contributed by atoms with E-state index in [4.69, 9.17) is 41.8 Å². The van der Waals surface area contributed by atoms with E-state index in [0.29, 0.717) is 50.9 Å². The summed E-state index contributed by atoms with van der Waals surface area (Å²) in [7, 11) is 10.0. The lowest BCUT2D eigenvalue weighted by Gasteiger charge is -2.08. The second kappa shape index (κ2) is 32.7. The van der Waals surface area contributed by atoms with Crippen LogP contribution in [0.2, 0.25) is 0 Å². The average Bonchev–Trinajstić information content (AvgIpc) is 1.61. The number of aromatic nitrogens is 8. The molecule has 586 valence electrons. The van der Waals surface area contributed by atoms with Gasteiger partial charge in [-0.2, -0.15) is 24.2 Å². The standard InChI is InChI=1S/2C23H21N2O.3C19H14N3O/c1-14(2)20-18(24-4)12-11-17-16-10-9-15(3)21(23(16)26-22(17)20)19-8-6-7-13-25(19)5;1-14(2)18-12-16(24-4)13-19-17-10-9-15(3)21(23(17)26-22(18)19)20-8-6-7-11-25(20)5;1-12-6-4-5-7-14(12)17-18-15(8-9-22(17)3)16-10-13(20-2)11-21-19(16)23-18;1-12-6-3-4-7-14(12)17-18-16(13(10-20)11-22(17)2)15-8-5-9-21-19(15)23-18;1-12-5-3-4-6-14(12)17-18-15(8-10-22(17)2)16-13(11-20)7-9-21-19(16)23-18/h2*6-14H,1-3,5H3;4-11H,1,3H3;3-9,11H,1-2H3;3-10H,1-2H3/q5*+1. The molecular formula is C103H84N13O5+5. The molecule has 0 unspecified atom stereocenters. The minimum Gasteiger partial charge on any atom is -0.456 e. The van der Waals surface area contributed by atoms with Crippen LogP contribution in [-0.2, 0) is 35.2 Å². The molecule has 18 nitrogen and oxygen atoms in total. The van der Waals surface area contributed by atoms with Crippen LogP contribution in [-0.4, -0.2) is 15.0 Å². The van der Waals surface area contributed by atoms with E-state index in [1.54, 1.807) is 24.7 Å². The van der Waals surface area contributed by atoms with Crippen LogP contribution < -0.4 is 22.8 Å². The Kier molecular flexibility index (Phi) is 21.4. The number of nitriles is 2. The van der Waals surface area contributed by atoms with E-state index in [0.717, 1.165) is 160 Å². The van der Waals surface area contributed by atoms with Crippen molar-refractivity contribution in [2.45, 2.75) is 74.1 Å². The number of benzene rings is 7. The average molecular weight is 1580 g/mol. The topological polar surface area (TPSA) is 184 Å². The minimum absolute atomic E-state index is 0.223. The van der Waals surface area contributed by atoms with Crippen molar-refractivity contribution in [3.05, 3.63) is 328 Å². The Morgan fingerprint density at radius 1 is 0.355 bits per heavy atom. The first-order valence-electron chi connectivity index (χ1n) is 39.7. The van der Waals surface area contributed by atoms with Gasteiger partial charge in [-0.25, -0.2) is 38.6 Å². The first-order valence-corrected chi connectivity index (χ1v) is 39.7. The van der Waals surface area contributed by atoms with Gasteiger partial charge in [0.15, 0.2) is 42.4 Å². The van der Waals surface area contributed by atoms with Gasteiger partial charge in [-0.15, -0.1) is 0 Å². The number of furan rings is 5. The highest BCUT2D eigenvalue weighted by Crippen LogP contribution is 2.46. The highest BCUT2D eigenvalue weighted by Gasteiger charge is 2.30. The third kappa shape index (κ3) is 14.3. The molecule has 0 amide bonds. The van der Waals surface area contributed by atoms with Crippen LogP contribution in [0.5, 0.6) is 0 Å². The second-order valence-electron chi connectivity index (χ2n) is 31.0. The molecule has 20 rings (SSSR count). The Labute approximate surface area is 699 Å². The molecule has 0 saturated heterocycles. The highest BCUT2D eigenvalue weighted by atomic mass is 16.4. The summed E-state index contributed by atoms with van der Waals surface area (Å²) in [5.74, 6) is 0.512. The zero-order chi connectivity index (χ0) is 84.8. The van der Waals surface area contributed by atoms with Crippen LogP contribution in [0, 0.1) is 77.0 Å². The van der Waals surface area contributed by atoms with Crippen LogP contribution in [0.4, 0.5) is 17.1 Å². The minimum atomic E-state index is 0.223. The second-order valence-corrected chi connectivity index (χ2v) is 31.0. The molecule has 0 saturated carbocycles. The summed E-state index contributed by atoms with van der Waals surface area (Å²) in [4.78, 5) is 23.7. The molecule has 13 heterocycles. The van der Waals surface area contributed by atoms with Crippen molar-refractivity contribution < 1.29 is 44.9 Å². The molecule has 18 heteroatoms. The van der Waals surface area contributed by atoms with Crippen molar-refractivity contribution in [2.24, 2.45) is 35.2 Å². The number of nitrogens with zero attached hydrogens (tertiary/aromatic N) is 13. The van der Waals surface area contributed by atoms with Gasteiger partial charge in [0.2, 0.25) is 51.0 Å². The molecular weight excluding hydrogens is 1500 g/mol. The molecule has 0 N–H and O–H groups in total. The van der Waals surface area contributed by atoms with Crippen molar-refractivity contribution in [3.8, 4) is 68.4 Å². The van der Waals surface area contributed by atoms with Gasteiger partial charge in [-0.3, -0.25) is 0 Å². The molecule has 20 aromatic rings. The Morgan fingerprint density at radius 3 is 1.40 bits per heavy atom. The van der Waals surface area contributed by atoms with Crippen LogP contribution in [0.3, 0.4) is 0 Å². The van der Waals surface area contributed by atoms with E-state index < -0.39 is 0 Å². The summed E-state index contributed by atoms with van der Waals surface area (Å²) in [5, 5.41) is 28.4. The molecule has 0 spiro atoms. The number of hydrogen-bond acceptors (Lipinski definition) is 10. The van der Waals surface area contributed by atoms with Crippen molar-refractivity contribution in [3.63, 3.8) is 0 Å². The van der Waals surface area contributed by atoms with Crippen molar-refractivity contribution in [1.82, 2.24) is 15.0 Å². The molecule has 0 fully saturated rings. The fourth-order valence-electron chi connectivity index (χ4n) is 16.5. The highest BCUT2D eigenvalue weighted by molar-refractivity contribution is 6.15. The predicted octanol–water partition coefficient (Wildman–Crippen LogP) is 23.8. The largest absolute Gasteiger partial charge is 0.456 e. The Morgan fingerprint density at radius 2 is 0.843 bits per heavy atom. The third-order valence-electron chi connectivity index (χ3n) is 22.5. The normalized spacial score (nSPS) is 11.2. The van der Waals surface area contributed by atoms with E-state index in [2.05, 4.69) is 190 Å². The number of hydrogen-bond donors (Lipinski definition) is 0. The van der Waals surface area contributed by atoms with Gasteiger partial charge in [0, 0.05) is 104 Å². The number of pyridine rings is 8. The van der Waals surface area contributed by atoms with Gasteiger partial charge in [0.05, 0.1) is 63.9 Å². The molecule has 121 heavy (non-hydrogen) atoms. The van der Waals surface area contributed by atoms with Gasteiger partial charge in [0.25, 0.3) is 17.1 Å². The quantitative estimate of drug-likeness (QED) is 0.110. The molecule has 0 aliphatic rings. The van der Waals surface area contributed by atoms with Gasteiger partial charge >= 0.3 is 0 Å². The van der Waals surface area contributed by atoms with E-state index in [1.165, 1.54) is 22.3 Å². The Hall–Kier alpha value is -15.8. The smallest absolute Gasteiger partial charge is 0.256 e. The van der Waals surface area contributed by atoms with Crippen molar-refractivity contribution >= 4 is 127 Å². The fourth-order valence-corrected chi connectivity index (χ4v) is 16.5. The summed E-state index contributed by atoms with van der Waals surface area (Å²) >= 11 is 0. The number of fused-ring (bicyclic) bond motifs is 15. The molecule has 0 atom stereocenters. The van der Waals surface area contributed by atoms with Gasteiger partial charge < -0.3 is 22.1 Å². The molecule has 0 bridgehead atoms. The lowest BCUT2D eigenvalue weighted by Crippen LogP contribution is -2.31. The Bertz CT molecular complexity index is 7770. The van der Waals surface area contributed by atoms with Crippen LogP contribution >= 0.6 is 0 Å². The van der Waals surface area contributed by atoms with Crippen LogP contribution in [0.1, 0.15) is 89.6 Å². The lowest BCUT2D eigenvalue weighted by atomic mass is 9.97. The first-order chi connectivity index (χ1) is 58.6. The molecule has 13 aromatic heterocycles. The zero-order valence-corrected chi connectivity index (χ0v) is 69.6. The maximum atomic E-state index is 9.53. The van der Waals surface area contributed by atoms with E-state index in [-0.39, 0.29) is 11.8 Å². The SMILES string of the molecule is Cc1ccccc1-c1c2oc3nccc(C#N)c3c2cc[n+]1C.Cc1ccccc1-c1c2oc3ncccc3c2c(C#N)c[n+]1C.[C-]#[N+]c1cc(C(C)C)c2oc3c(-c4cccc[n+]4C)c(C)ccc3c2c1.[C-]#[N+]c1ccc2c(oc3c(-c4cccc[n+]4C)c(C)ccc32)c1C(C)C.[C-]#[N+]c1cnc2oc3c(-c4ccccc4C)[n+](C)ccc3c2c1. The number of rotatable bonds is 7. The molecule has 0 aliphatic carbocycles. The van der Waals surface area contributed by atoms with Gasteiger partial charge in [-0.05, 0) is 147 Å². The van der Waals surface area contributed by atoms with Gasteiger partial charge in [0.1, 0.15) is 75.3 Å². The van der Waals surface area contributed by atoms with Gasteiger partial charge in [-0.1, -0.05) is 119 Å². The Balaban J connectivity index is 0.000000113. The third-order valence-corrected chi connectivity index (χ3v) is 22.5. The lowest BCUT2D eigenvalue weighted by molar-refractivity contribution is -0.660. The zero-order valence-electron chi connectivity index (χ0n) is 69.6. The molecule has 0 aliphatic heterocycles. The maximum absolute atomic E-state index is 9.53. The molecule has 0 radical (unpaired) electrons. The first kappa shape index (κ1) is 79.0. The summed E-state index contributed by atoms with van der Waals surface area (Å²) in [6.07, 6.45) is 14.8. The molecule has 7 aromatic carbocycles. The maximum Gasteiger partial charge on any atom is 0.256 e. The fraction of sp³-hybridized carbons (Fsp3) is 0.155. The predicted molar refractivity (Wildman–Crippen MR) is 475 cm³/mol. The van der Waals surface area contributed by atoms with E-state index in [9.17, 15) is 10.5 Å². The summed E-state index contributed by atoms with van der Waals surface area (Å²) in [6.45, 7) is 41.1. The van der Waals surface area contributed by atoms with Crippen LogP contribution in [0.15, 0.2) is 266 Å². The van der Waals surface area contributed by atoms with Crippen molar-refractivity contribution in [1.29, 1.82) is 10.5 Å². The summed E-state index contributed by atoms with van der Waals surface area (Å²) in [6, 6.07) is 69.2. The monoisotopic (exact) mass is 1580 g/mol. The van der Waals surface area contributed by atoms with Crippen LogP contribution in [0.25, 0.3) is 181 Å². The van der Waals surface area contributed by atoms with E-state index in [1.807, 2.05) is 191 Å². The number of aryl methyl sites for hydroxylation is 10. The summed E-state index contributed by atoms with van der Waals surface area (Å²) in [5.41, 5.74) is 29.1. The van der Waals surface area contributed by atoms with E-state index >= 15 is 0 Å². The summed E-state index contributed by atoms with van der Waals surface area (Å²) < 4.78 is 41.3.